The van der Waals surface area contributed by atoms with Gasteiger partial charge in [0, 0.05) is 12.0 Å². The van der Waals surface area contributed by atoms with Gasteiger partial charge in [0.2, 0.25) is 0 Å². The van der Waals surface area contributed by atoms with Crippen molar-refractivity contribution in [2.75, 3.05) is 6.61 Å². The molecule has 0 aliphatic rings. The summed E-state index contributed by atoms with van der Waals surface area (Å²) >= 11 is 0. The number of aryl methyl sites for hydroxylation is 1. The summed E-state index contributed by atoms with van der Waals surface area (Å²) < 4.78 is 5.84. The van der Waals surface area contributed by atoms with Crippen LogP contribution >= 0.6 is 0 Å². The first-order valence-corrected chi connectivity index (χ1v) is 8.09. The molecule has 0 radical (unpaired) electrons. The summed E-state index contributed by atoms with van der Waals surface area (Å²) in [4.78, 5) is 0. The molecule has 2 aromatic rings. The van der Waals surface area contributed by atoms with E-state index in [2.05, 4.69) is 83.1 Å². The average Bonchev–Trinajstić information content (AvgIpc) is 2.48. The van der Waals surface area contributed by atoms with E-state index in [9.17, 15) is 0 Å². The van der Waals surface area contributed by atoms with Crippen molar-refractivity contribution in [3.05, 3.63) is 70.8 Å². The monoisotopic (exact) mass is 296 g/mol. The number of hydrogen-bond donors (Lipinski definition) is 0. The van der Waals surface area contributed by atoms with E-state index in [4.69, 9.17) is 4.74 Å². The number of benzene rings is 2. The highest BCUT2D eigenvalue weighted by molar-refractivity contribution is 5.40. The molecule has 118 valence electrons. The van der Waals surface area contributed by atoms with Crippen molar-refractivity contribution >= 4 is 0 Å². The van der Waals surface area contributed by atoms with Crippen LogP contribution in [0.1, 0.15) is 56.9 Å². The molecule has 0 spiro atoms. The first kappa shape index (κ1) is 16.8. The van der Waals surface area contributed by atoms with E-state index in [0.29, 0.717) is 0 Å². The highest BCUT2D eigenvalue weighted by Gasteiger charge is 2.25. The second-order valence-corrected chi connectivity index (χ2v) is 7.01. The lowest BCUT2D eigenvalue weighted by atomic mass is 9.77. The van der Waals surface area contributed by atoms with Gasteiger partial charge in [-0.3, -0.25) is 0 Å². The lowest BCUT2D eigenvalue weighted by Crippen LogP contribution is -2.23. The third kappa shape index (κ3) is 3.41. The van der Waals surface area contributed by atoms with Crippen molar-refractivity contribution in [3.63, 3.8) is 0 Å². The molecule has 0 saturated heterocycles. The lowest BCUT2D eigenvalue weighted by Gasteiger charge is -2.29. The SMILES string of the molecule is CCOC(C)(C)c1ccc(C(C)(C)c2ccc(C)cc2)cc1. The van der Waals surface area contributed by atoms with Crippen LogP contribution in [0.5, 0.6) is 0 Å². The van der Waals surface area contributed by atoms with E-state index < -0.39 is 0 Å². The quantitative estimate of drug-likeness (QED) is 0.698. The summed E-state index contributed by atoms with van der Waals surface area (Å²) in [5.74, 6) is 0. The van der Waals surface area contributed by atoms with Crippen molar-refractivity contribution in [1.29, 1.82) is 0 Å². The smallest absolute Gasteiger partial charge is 0.0875 e. The van der Waals surface area contributed by atoms with Gasteiger partial charge in [-0.25, -0.2) is 0 Å². The minimum Gasteiger partial charge on any atom is -0.371 e. The Labute approximate surface area is 135 Å². The molecular weight excluding hydrogens is 268 g/mol. The topological polar surface area (TPSA) is 9.23 Å². The fraction of sp³-hybridized carbons (Fsp3) is 0.429. The molecule has 0 N–H and O–H groups in total. The predicted octanol–water partition coefficient (Wildman–Crippen LogP) is 5.59. The van der Waals surface area contributed by atoms with Crippen molar-refractivity contribution in [3.8, 4) is 0 Å². The Balaban J connectivity index is 2.31. The molecule has 0 aromatic heterocycles. The minimum atomic E-state index is -0.235. The van der Waals surface area contributed by atoms with Crippen molar-refractivity contribution in [1.82, 2.24) is 0 Å². The van der Waals surface area contributed by atoms with Gasteiger partial charge >= 0.3 is 0 Å². The maximum atomic E-state index is 5.84. The van der Waals surface area contributed by atoms with Crippen LogP contribution in [-0.4, -0.2) is 6.61 Å². The molecule has 0 heterocycles. The largest absolute Gasteiger partial charge is 0.371 e. The zero-order valence-electron chi connectivity index (χ0n) is 14.7. The third-order valence-corrected chi connectivity index (χ3v) is 4.58. The van der Waals surface area contributed by atoms with Crippen LogP contribution in [0, 0.1) is 6.92 Å². The van der Waals surface area contributed by atoms with E-state index in [-0.39, 0.29) is 11.0 Å². The van der Waals surface area contributed by atoms with Gasteiger partial charge in [0.1, 0.15) is 0 Å². The summed E-state index contributed by atoms with van der Waals surface area (Å²) in [6.45, 7) is 13.7. The van der Waals surface area contributed by atoms with Crippen LogP contribution in [-0.2, 0) is 15.8 Å². The van der Waals surface area contributed by atoms with Crippen molar-refractivity contribution in [2.24, 2.45) is 0 Å². The molecule has 0 amide bonds. The first-order chi connectivity index (χ1) is 10.3. The van der Waals surface area contributed by atoms with Gasteiger partial charge in [0.05, 0.1) is 5.60 Å². The molecule has 0 bridgehead atoms. The maximum Gasteiger partial charge on any atom is 0.0875 e. The highest BCUT2D eigenvalue weighted by Crippen LogP contribution is 2.33. The Hall–Kier alpha value is -1.60. The van der Waals surface area contributed by atoms with E-state index in [1.807, 2.05) is 6.92 Å². The average molecular weight is 296 g/mol. The fourth-order valence-corrected chi connectivity index (χ4v) is 2.87. The molecule has 0 unspecified atom stereocenters. The van der Waals surface area contributed by atoms with Crippen LogP contribution in [0.2, 0.25) is 0 Å². The molecule has 2 aromatic carbocycles. The van der Waals surface area contributed by atoms with Crippen LogP contribution in [0.15, 0.2) is 48.5 Å². The molecule has 0 aliphatic heterocycles. The molecule has 1 nitrogen and oxygen atoms in total. The Morgan fingerprint density at radius 2 is 1.14 bits per heavy atom. The van der Waals surface area contributed by atoms with Gasteiger partial charge in [-0.1, -0.05) is 67.9 Å². The second-order valence-electron chi connectivity index (χ2n) is 7.01. The Kier molecular flexibility index (Phi) is 4.77. The normalized spacial score (nSPS) is 12.5. The maximum absolute atomic E-state index is 5.84. The number of hydrogen-bond acceptors (Lipinski definition) is 1. The van der Waals surface area contributed by atoms with Gasteiger partial charge in [0.25, 0.3) is 0 Å². The summed E-state index contributed by atoms with van der Waals surface area (Å²) in [6, 6.07) is 17.7. The van der Waals surface area contributed by atoms with Crippen LogP contribution in [0.4, 0.5) is 0 Å². The molecule has 0 aliphatic carbocycles. The Morgan fingerprint density at radius 3 is 1.59 bits per heavy atom. The van der Waals surface area contributed by atoms with E-state index in [0.717, 1.165) is 6.61 Å². The Morgan fingerprint density at radius 1 is 0.727 bits per heavy atom. The van der Waals surface area contributed by atoms with Crippen LogP contribution < -0.4 is 0 Å². The zero-order chi connectivity index (χ0) is 16.4. The molecule has 2 rings (SSSR count). The first-order valence-electron chi connectivity index (χ1n) is 8.09. The van der Waals surface area contributed by atoms with Crippen LogP contribution in [0.3, 0.4) is 0 Å². The zero-order valence-corrected chi connectivity index (χ0v) is 14.7. The predicted molar refractivity (Wildman–Crippen MR) is 94.4 cm³/mol. The van der Waals surface area contributed by atoms with Gasteiger partial charge in [-0.15, -0.1) is 0 Å². The van der Waals surface area contributed by atoms with E-state index in [1.165, 1.54) is 22.3 Å². The molecule has 1 heteroatoms. The fourth-order valence-electron chi connectivity index (χ4n) is 2.87. The number of ether oxygens (including phenoxy) is 1. The summed E-state index contributed by atoms with van der Waals surface area (Å²) in [6.07, 6.45) is 0. The minimum absolute atomic E-state index is 0.00197. The third-order valence-electron chi connectivity index (χ3n) is 4.58. The standard InChI is InChI=1S/C21H28O/c1-7-22-21(5,6)19-14-12-18(13-15-19)20(3,4)17-10-8-16(2)9-11-17/h8-15H,7H2,1-6H3. The van der Waals surface area contributed by atoms with Gasteiger partial charge in [0.15, 0.2) is 0 Å². The van der Waals surface area contributed by atoms with E-state index in [1.54, 1.807) is 0 Å². The molecule has 0 fully saturated rings. The number of rotatable bonds is 5. The van der Waals surface area contributed by atoms with Gasteiger partial charge < -0.3 is 4.74 Å². The Bertz CT molecular complexity index is 603. The lowest BCUT2D eigenvalue weighted by molar-refractivity contribution is -0.0140. The molecule has 0 saturated carbocycles. The highest BCUT2D eigenvalue weighted by atomic mass is 16.5. The summed E-state index contributed by atoms with van der Waals surface area (Å²) in [5.41, 5.74) is 4.96. The summed E-state index contributed by atoms with van der Waals surface area (Å²) in [5, 5.41) is 0. The molecule has 22 heavy (non-hydrogen) atoms. The van der Waals surface area contributed by atoms with Crippen molar-refractivity contribution < 1.29 is 4.74 Å². The van der Waals surface area contributed by atoms with Crippen molar-refractivity contribution in [2.45, 2.75) is 52.6 Å². The summed E-state index contributed by atoms with van der Waals surface area (Å²) in [7, 11) is 0. The second kappa shape index (κ2) is 6.26. The van der Waals surface area contributed by atoms with Gasteiger partial charge in [-0.2, -0.15) is 0 Å². The molecule has 0 atom stereocenters. The van der Waals surface area contributed by atoms with Crippen LogP contribution in [0.25, 0.3) is 0 Å². The molecular formula is C21H28O. The van der Waals surface area contributed by atoms with Gasteiger partial charge in [-0.05, 0) is 44.4 Å². The van der Waals surface area contributed by atoms with E-state index >= 15 is 0 Å².